The molecule has 0 aromatic rings. The third kappa shape index (κ3) is 10.3. The minimum Gasteiger partial charge on any atom is -0.418 e. The Labute approximate surface area is 95.5 Å². The molecule has 98 valence electrons. The molecule has 1 heterocycles. The molecule has 0 spiro atoms. The monoisotopic (exact) mass is 243 g/mol. The van der Waals surface area contributed by atoms with E-state index in [-0.39, 0.29) is 0 Å². The number of rotatable bonds is 3. The fraction of sp³-hybridized carbons (Fsp3) is 1.00. The maximum absolute atomic E-state index is 9.75. The molecule has 0 aliphatic carbocycles. The molecule has 0 unspecified atom stereocenters. The Kier molecular flexibility index (Phi) is 7.03. The molecule has 0 radical (unpaired) electrons. The predicted molar refractivity (Wildman–Crippen MR) is 59.7 cm³/mol. The molecule has 1 nitrogen and oxygen atoms in total. The average Bonchev–Trinajstić information content (AvgIpc) is 2.13. The summed E-state index contributed by atoms with van der Waals surface area (Å²) in [5.74, 6) is 0. The normalized spacial score (nSPS) is 19.9. The van der Waals surface area contributed by atoms with Gasteiger partial charge in [-0.3, -0.25) is 0 Å². The first-order valence-electron chi connectivity index (χ1n) is 5.98. The highest BCUT2D eigenvalue weighted by Crippen LogP contribution is 2.16. The number of piperidine rings is 1. The molecule has 1 aliphatic heterocycles. The second-order valence-corrected chi connectivity index (χ2v) is 4.70. The van der Waals surface area contributed by atoms with Crippen molar-refractivity contribution in [3.63, 3.8) is 0 Å². The van der Waals surface area contributed by atoms with Crippen molar-refractivity contribution in [1.82, 2.24) is 0 Å². The van der Waals surface area contributed by atoms with Gasteiger partial charge in [0.15, 0.2) is 0 Å². The summed E-state index contributed by atoms with van der Waals surface area (Å²) in [4.78, 5) is 0. The molecule has 0 saturated carbocycles. The van der Waals surface area contributed by atoms with E-state index in [9.17, 15) is 17.3 Å². The van der Waals surface area contributed by atoms with Crippen molar-refractivity contribution in [1.29, 1.82) is 0 Å². The first-order chi connectivity index (χ1) is 7.27. The molecular weight excluding hydrogens is 221 g/mol. The lowest BCUT2D eigenvalue weighted by Crippen LogP contribution is -2.48. The molecule has 1 aliphatic rings. The SMILES string of the molecule is CCCC[N+]1(C)CCCCC1.F[B-](F)(F)F. The van der Waals surface area contributed by atoms with Crippen LogP contribution in [0.5, 0.6) is 0 Å². The Hall–Kier alpha value is -0.255. The molecule has 0 aromatic heterocycles. The van der Waals surface area contributed by atoms with Gasteiger partial charge in [0, 0.05) is 0 Å². The van der Waals surface area contributed by atoms with Crippen LogP contribution < -0.4 is 0 Å². The van der Waals surface area contributed by atoms with E-state index in [1.165, 1.54) is 56.2 Å². The van der Waals surface area contributed by atoms with Crippen molar-refractivity contribution in [2.24, 2.45) is 0 Å². The van der Waals surface area contributed by atoms with Gasteiger partial charge in [0.05, 0.1) is 26.7 Å². The zero-order chi connectivity index (χ0) is 12.7. The van der Waals surface area contributed by atoms with Crippen LogP contribution in [0.25, 0.3) is 0 Å². The molecule has 1 rings (SSSR count). The molecule has 16 heavy (non-hydrogen) atoms. The highest BCUT2D eigenvalue weighted by atomic mass is 19.5. The minimum absolute atomic E-state index is 1.36. The van der Waals surface area contributed by atoms with Crippen LogP contribution >= 0.6 is 0 Å². The van der Waals surface area contributed by atoms with E-state index < -0.39 is 7.25 Å². The summed E-state index contributed by atoms with van der Waals surface area (Å²) in [6.45, 7) is 6.56. The molecule has 6 heteroatoms. The highest BCUT2D eigenvalue weighted by molar-refractivity contribution is 6.50. The van der Waals surface area contributed by atoms with Crippen molar-refractivity contribution in [3.8, 4) is 0 Å². The zero-order valence-electron chi connectivity index (χ0n) is 10.2. The van der Waals surface area contributed by atoms with E-state index in [4.69, 9.17) is 0 Å². The van der Waals surface area contributed by atoms with Crippen LogP contribution in [-0.4, -0.2) is 38.4 Å². The smallest absolute Gasteiger partial charge is 0.418 e. The average molecular weight is 243 g/mol. The second-order valence-electron chi connectivity index (χ2n) is 4.70. The molecule has 0 N–H and O–H groups in total. The predicted octanol–water partition coefficient (Wildman–Crippen LogP) is 3.72. The van der Waals surface area contributed by atoms with Crippen LogP contribution in [-0.2, 0) is 0 Å². The Morgan fingerprint density at radius 2 is 1.44 bits per heavy atom. The van der Waals surface area contributed by atoms with Crippen LogP contribution in [0.15, 0.2) is 0 Å². The maximum atomic E-state index is 9.75. The van der Waals surface area contributed by atoms with E-state index in [1.807, 2.05) is 0 Å². The van der Waals surface area contributed by atoms with Gasteiger partial charge in [-0.1, -0.05) is 13.3 Å². The Morgan fingerprint density at radius 1 is 1.00 bits per heavy atom. The number of quaternary nitrogens is 1. The van der Waals surface area contributed by atoms with Crippen LogP contribution in [0.4, 0.5) is 17.3 Å². The maximum Gasteiger partial charge on any atom is 0.673 e. The first kappa shape index (κ1) is 15.7. The molecule has 0 bridgehead atoms. The molecule has 1 fully saturated rings. The van der Waals surface area contributed by atoms with E-state index in [2.05, 4.69) is 14.0 Å². The summed E-state index contributed by atoms with van der Waals surface area (Å²) in [5.41, 5.74) is 0. The number of likely N-dealkylation sites (tertiary alicyclic amines) is 1. The van der Waals surface area contributed by atoms with Crippen molar-refractivity contribution in [3.05, 3.63) is 0 Å². The Bertz CT molecular complexity index is 172. The van der Waals surface area contributed by atoms with E-state index >= 15 is 0 Å². The van der Waals surface area contributed by atoms with E-state index in [1.54, 1.807) is 0 Å². The Morgan fingerprint density at radius 3 is 1.81 bits per heavy atom. The number of unbranched alkanes of at least 4 members (excludes halogenated alkanes) is 1. The van der Waals surface area contributed by atoms with Crippen molar-refractivity contribution in [2.45, 2.75) is 39.0 Å². The van der Waals surface area contributed by atoms with Crippen LogP contribution in [0.2, 0.25) is 0 Å². The quantitative estimate of drug-likeness (QED) is 0.402. The van der Waals surface area contributed by atoms with Crippen LogP contribution in [0.3, 0.4) is 0 Å². The number of halogens is 4. The summed E-state index contributed by atoms with van der Waals surface area (Å²) in [6, 6.07) is 0. The number of hydrogen-bond acceptors (Lipinski definition) is 0. The summed E-state index contributed by atoms with van der Waals surface area (Å²) < 4.78 is 40.4. The lowest BCUT2D eigenvalue weighted by atomic mass is 10.1. The Balaban J connectivity index is 0.000000385. The molecule has 0 atom stereocenters. The number of hydrogen-bond donors (Lipinski definition) is 0. The third-order valence-electron chi connectivity index (χ3n) is 2.95. The van der Waals surface area contributed by atoms with Gasteiger partial charge in [-0.25, -0.2) is 0 Å². The van der Waals surface area contributed by atoms with Crippen LogP contribution in [0.1, 0.15) is 39.0 Å². The summed E-state index contributed by atoms with van der Waals surface area (Å²) in [5, 5.41) is 0. The van der Waals surface area contributed by atoms with E-state index in [0.717, 1.165) is 0 Å². The zero-order valence-corrected chi connectivity index (χ0v) is 10.2. The van der Waals surface area contributed by atoms with E-state index in [0.29, 0.717) is 0 Å². The van der Waals surface area contributed by atoms with Crippen LogP contribution in [0, 0.1) is 0 Å². The van der Waals surface area contributed by atoms with Crippen molar-refractivity contribution >= 4 is 7.25 Å². The fourth-order valence-corrected chi connectivity index (χ4v) is 2.04. The molecule has 0 aromatic carbocycles. The lowest BCUT2D eigenvalue weighted by Gasteiger charge is -2.37. The third-order valence-corrected chi connectivity index (χ3v) is 2.95. The number of nitrogens with zero attached hydrogens (tertiary/aromatic N) is 1. The topological polar surface area (TPSA) is 0 Å². The van der Waals surface area contributed by atoms with Crippen molar-refractivity contribution < 1.29 is 21.7 Å². The fourth-order valence-electron chi connectivity index (χ4n) is 2.04. The lowest BCUT2D eigenvalue weighted by molar-refractivity contribution is -0.914. The largest absolute Gasteiger partial charge is 0.673 e. The summed E-state index contributed by atoms with van der Waals surface area (Å²) >= 11 is 0. The molecule has 1 saturated heterocycles. The molecule has 0 amide bonds. The highest BCUT2D eigenvalue weighted by Gasteiger charge is 2.23. The second kappa shape index (κ2) is 7.15. The van der Waals surface area contributed by atoms with Gasteiger partial charge in [0.1, 0.15) is 0 Å². The summed E-state index contributed by atoms with van der Waals surface area (Å²) in [7, 11) is -3.57. The van der Waals surface area contributed by atoms with Gasteiger partial charge in [-0.15, -0.1) is 0 Å². The van der Waals surface area contributed by atoms with Gasteiger partial charge >= 0.3 is 7.25 Å². The van der Waals surface area contributed by atoms with Gasteiger partial charge in [-0.2, -0.15) is 0 Å². The summed E-state index contributed by atoms with van der Waals surface area (Å²) in [6.07, 6.45) is 7.16. The van der Waals surface area contributed by atoms with Gasteiger partial charge in [0.25, 0.3) is 0 Å². The van der Waals surface area contributed by atoms with Gasteiger partial charge < -0.3 is 21.7 Å². The first-order valence-corrected chi connectivity index (χ1v) is 5.98. The minimum atomic E-state index is -6.00. The standard InChI is InChI=1S/C10H22N.BF4/c1-3-4-8-11(2)9-6-5-7-10-11;2-1(3,4)5/h3-10H2,1-2H3;/q+1;-1. The van der Waals surface area contributed by atoms with Crippen molar-refractivity contribution in [2.75, 3.05) is 26.7 Å². The molecular formula is C10H22BF4N. The van der Waals surface area contributed by atoms with Gasteiger partial charge in [0.2, 0.25) is 0 Å². The van der Waals surface area contributed by atoms with Gasteiger partial charge in [-0.05, 0) is 25.7 Å².